The summed E-state index contributed by atoms with van der Waals surface area (Å²) < 4.78 is 48.0. The molecule has 0 amide bonds. The van der Waals surface area contributed by atoms with Crippen LogP contribution >= 0.6 is 0 Å². The Bertz CT molecular complexity index is 1620. The highest BCUT2D eigenvalue weighted by molar-refractivity contribution is 7.89. The molecule has 2 aromatic carbocycles. The number of fused-ring (bicyclic) bond motifs is 1. The highest BCUT2D eigenvalue weighted by atomic mass is 32.2. The molecule has 2 atom stereocenters. The van der Waals surface area contributed by atoms with Gasteiger partial charge in [-0.05, 0) is 85.0 Å². The molecule has 0 unspecified atom stereocenters. The fourth-order valence-corrected chi connectivity index (χ4v) is 7.41. The quantitative estimate of drug-likeness (QED) is 0.365. The van der Waals surface area contributed by atoms with Gasteiger partial charge in [-0.2, -0.15) is 4.31 Å². The van der Waals surface area contributed by atoms with Crippen molar-refractivity contribution in [1.82, 2.24) is 14.7 Å². The number of anilines is 1. The molecule has 1 aromatic heterocycles. The Morgan fingerprint density at radius 2 is 1.90 bits per heavy atom. The maximum Gasteiger partial charge on any atom is 0.243 e. The van der Waals surface area contributed by atoms with Crippen LogP contribution in [-0.2, 0) is 10.0 Å². The Morgan fingerprint density at radius 3 is 2.61 bits per heavy atom. The fraction of sp³-hybridized carbons (Fsp3) is 0.258. The molecule has 2 aliphatic carbocycles. The Labute approximate surface area is 239 Å². The third-order valence-electron chi connectivity index (χ3n) is 7.88. The van der Waals surface area contributed by atoms with E-state index in [0.717, 1.165) is 29.8 Å². The third-order valence-corrected chi connectivity index (χ3v) is 9.76. The predicted octanol–water partition coefficient (Wildman–Crippen LogP) is 5.14. The van der Waals surface area contributed by atoms with E-state index in [4.69, 9.17) is 4.74 Å². The van der Waals surface area contributed by atoms with Crippen molar-refractivity contribution in [2.75, 3.05) is 24.7 Å². The minimum absolute atomic E-state index is 0.00565. The van der Waals surface area contributed by atoms with Crippen LogP contribution in [0.25, 0.3) is 0 Å². The summed E-state index contributed by atoms with van der Waals surface area (Å²) in [6.07, 6.45) is 7.41. The summed E-state index contributed by atoms with van der Waals surface area (Å²) in [4.78, 5) is 4.27. The van der Waals surface area contributed by atoms with E-state index in [1.54, 1.807) is 42.6 Å². The maximum absolute atomic E-state index is 13.7. The molecule has 3 aromatic rings. The van der Waals surface area contributed by atoms with Crippen LogP contribution in [0.15, 0.2) is 113 Å². The highest BCUT2D eigenvalue weighted by Crippen LogP contribution is 2.48. The van der Waals surface area contributed by atoms with Gasteiger partial charge in [0.25, 0.3) is 0 Å². The number of pyridine rings is 1. The van der Waals surface area contributed by atoms with Gasteiger partial charge < -0.3 is 15.3 Å². The van der Waals surface area contributed by atoms with E-state index in [9.17, 15) is 17.9 Å². The molecule has 10 heteroatoms. The van der Waals surface area contributed by atoms with Gasteiger partial charge in [0.2, 0.25) is 15.9 Å². The van der Waals surface area contributed by atoms with Crippen LogP contribution in [0.2, 0.25) is 0 Å². The molecule has 6 rings (SSSR count). The van der Waals surface area contributed by atoms with E-state index in [1.165, 1.54) is 39.7 Å². The minimum atomic E-state index is -3.86. The molecular weight excluding hydrogens is 543 g/mol. The molecule has 212 valence electrons. The number of halogens is 1. The third kappa shape index (κ3) is 5.26. The summed E-state index contributed by atoms with van der Waals surface area (Å²) in [7, 11) is -3.86. The first-order valence-electron chi connectivity index (χ1n) is 13.6. The number of aliphatic hydroxyl groups excluding tert-OH is 1. The van der Waals surface area contributed by atoms with Crippen molar-refractivity contribution < 1.29 is 22.7 Å². The molecule has 0 radical (unpaired) electrons. The van der Waals surface area contributed by atoms with Gasteiger partial charge in [0.15, 0.2) is 0 Å². The summed E-state index contributed by atoms with van der Waals surface area (Å²) in [5, 5.41) is 11.7. The van der Waals surface area contributed by atoms with Crippen molar-refractivity contribution in [3.8, 4) is 11.6 Å². The summed E-state index contributed by atoms with van der Waals surface area (Å²) in [5.41, 5.74) is 8.72. The Kier molecular flexibility index (Phi) is 7.37. The van der Waals surface area contributed by atoms with Crippen LogP contribution in [0.5, 0.6) is 11.6 Å². The van der Waals surface area contributed by atoms with Gasteiger partial charge in [-0.25, -0.2) is 17.8 Å². The van der Waals surface area contributed by atoms with Crippen LogP contribution < -0.4 is 15.2 Å². The molecule has 0 saturated carbocycles. The van der Waals surface area contributed by atoms with Crippen molar-refractivity contribution in [3.63, 3.8) is 0 Å². The number of hydrazine groups is 1. The number of aliphatic hydroxyl groups is 1. The number of nitrogens with zero attached hydrogens (tertiary/aromatic N) is 3. The molecule has 3 aliphatic rings. The number of rotatable bonds is 9. The van der Waals surface area contributed by atoms with Gasteiger partial charge in [-0.15, -0.1) is 0 Å². The van der Waals surface area contributed by atoms with Crippen molar-refractivity contribution in [3.05, 3.63) is 113 Å². The SMILES string of the molecule is C[C@H]1C2=CNN(c3ccc(F)cc3)C2=CC2=C1[C@@H](CN(CCO)S(=O)(=O)c1ccc(Oc3ccccn3)cc1)CC2. The average molecular weight is 575 g/mol. The second-order valence-electron chi connectivity index (χ2n) is 10.3. The van der Waals surface area contributed by atoms with Crippen molar-refractivity contribution >= 4 is 15.7 Å². The average Bonchev–Trinajstić information content (AvgIpc) is 3.59. The lowest BCUT2D eigenvalue weighted by atomic mass is 9.80. The molecule has 0 fully saturated rings. The number of benzene rings is 2. The Balaban J connectivity index is 1.22. The van der Waals surface area contributed by atoms with Crippen molar-refractivity contribution in [1.29, 1.82) is 0 Å². The van der Waals surface area contributed by atoms with Gasteiger partial charge in [-0.3, -0.25) is 5.01 Å². The van der Waals surface area contributed by atoms with E-state index < -0.39 is 10.0 Å². The first-order chi connectivity index (χ1) is 19.8. The van der Waals surface area contributed by atoms with Crippen LogP contribution in [0.1, 0.15) is 19.8 Å². The van der Waals surface area contributed by atoms with Gasteiger partial charge >= 0.3 is 0 Å². The standard InChI is InChI=1S/C31H31FN4O4S/c1-21-28-19-34-36(25-9-7-24(32)8-10-25)29(28)18-22-5-6-23(31(21)22)20-35(16-17-37)41(38,39)27-13-11-26(12-14-27)40-30-4-2-3-15-33-30/h2-4,7-15,18-19,21,23,34,37H,5-6,16-17,20H2,1H3/t21-,23+/m0/s1. The lowest BCUT2D eigenvalue weighted by molar-refractivity contribution is 0.243. The van der Waals surface area contributed by atoms with Crippen LogP contribution in [0, 0.1) is 17.7 Å². The largest absolute Gasteiger partial charge is 0.439 e. The van der Waals surface area contributed by atoms with Gasteiger partial charge in [0, 0.05) is 43.0 Å². The zero-order valence-electron chi connectivity index (χ0n) is 22.6. The summed E-state index contributed by atoms with van der Waals surface area (Å²) in [6, 6.07) is 17.9. The van der Waals surface area contributed by atoms with E-state index in [-0.39, 0.29) is 42.2 Å². The Morgan fingerprint density at radius 1 is 1.12 bits per heavy atom. The molecule has 0 bridgehead atoms. The zero-order chi connectivity index (χ0) is 28.6. The van der Waals surface area contributed by atoms with Crippen molar-refractivity contribution in [2.45, 2.75) is 24.7 Å². The number of hydrogen-bond acceptors (Lipinski definition) is 7. The Hall–Kier alpha value is -3.99. The summed E-state index contributed by atoms with van der Waals surface area (Å²) in [6.45, 7) is 2.16. The number of allylic oxidation sites excluding steroid dienone is 3. The molecular formula is C31H31FN4O4S. The normalized spacial score (nSPS) is 20.0. The molecule has 0 saturated heterocycles. The lowest BCUT2D eigenvalue weighted by Gasteiger charge is -2.32. The topological polar surface area (TPSA) is 95.0 Å². The second-order valence-corrected chi connectivity index (χ2v) is 12.3. The first-order valence-corrected chi connectivity index (χ1v) is 15.1. The molecule has 2 N–H and O–H groups in total. The number of nitrogens with one attached hydrogen (secondary N) is 1. The van der Waals surface area contributed by atoms with Crippen molar-refractivity contribution in [2.24, 2.45) is 11.8 Å². The molecule has 8 nitrogen and oxygen atoms in total. The summed E-state index contributed by atoms with van der Waals surface area (Å²) >= 11 is 0. The van der Waals surface area contributed by atoms with Crippen LogP contribution in [-0.4, -0.2) is 42.5 Å². The highest BCUT2D eigenvalue weighted by Gasteiger charge is 2.39. The molecule has 2 heterocycles. The minimum Gasteiger partial charge on any atom is -0.439 e. The number of hydrogen-bond donors (Lipinski definition) is 2. The van der Waals surface area contributed by atoms with E-state index in [2.05, 4.69) is 23.4 Å². The molecule has 41 heavy (non-hydrogen) atoms. The number of aromatic nitrogens is 1. The van der Waals surface area contributed by atoms with E-state index in [0.29, 0.717) is 11.6 Å². The van der Waals surface area contributed by atoms with Crippen LogP contribution in [0.4, 0.5) is 10.1 Å². The zero-order valence-corrected chi connectivity index (χ0v) is 23.4. The van der Waals surface area contributed by atoms with E-state index in [1.807, 2.05) is 17.3 Å². The maximum atomic E-state index is 13.7. The monoisotopic (exact) mass is 574 g/mol. The smallest absolute Gasteiger partial charge is 0.243 e. The lowest BCUT2D eigenvalue weighted by Crippen LogP contribution is -2.38. The first kappa shape index (κ1) is 27.2. The van der Waals surface area contributed by atoms with Gasteiger partial charge in [0.1, 0.15) is 11.6 Å². The molecule has 1 aliphatic heterocycles. The number of sulfonamides is 1. The predicted molar refractivity (Wildman–Crippen MR) is 154 cm³/mol. The van der Waals surface area contributed by atoms with Crippen LogP contribution in [0.3, 0.4) is 0 Å². The summed E-state index contributed by atoms with van der Waals surface area (Å²) in [5.74, 6) is 0.715. The second kappa shape index (κ2) is 11.1. The molecule has 0 spiro atoms. The van der Waals surface area contributed by atoms with Gasteiger partial charge in [0.05, 0.1) is 22.9 Å². The van der Waals surface area contributed by atoms with E-state index >= 15 is 0 Å². The number of ether oxygens (including phenoxy) is 1. The van der Waals surface area contributed by atoms with Gasteiger partial charge in [-0.1, -0.05) is 18.6 Å². The fourth-order valence-electron chi connectivity index (χ4n) is 5.93.